The number of benzene rings is 2. The van der Waals surface area contributed by atoms with Crippen LogP contribution < -0.4 is 15.1 Å². The molecular formula is C27H38FNO2SSi. The molecule has 3 nitrogen and oxygen atoms in total. The Morgan fingerprint density at radius 3 is 1.91 bits per heavy atom. The van der Waals surface area contributed by atoms with E-state index in [-0.39, 0.29) is 5.04 Å². The first-order chi connectivity index (χ1) is 15.4. The molecule has 0 saturated heterocycles. The van der Waals surface area contributed by atoms with E-state index in [2.05, 4.69) is 56.3 Å². The summed E-state index contributed by atoms with van der Waals surface area (Å²) in [6.07, 6.45) is 3.36. The van der Waals surface area contributed by atoms with Crippen molar-refractivity contribution in [3.8, 4) is 0 Å². The van der Waals surface area contributed by atoms with Crippen LogP contribution in [0.25, 0.3) is 0 Å². The van der Waals surface area contributed by atoms with Crippen LogP contribution in [-0.2, 0) is 15.4 Å². The Hall–Kier alpha value is -1.86. The van der Waals surface area contributed by atoms with Gasteiger partial charge in [-0.25, -0.2) is 13.3 Å². The fraction of sp³-hybridized carbons (Fsp3) is 0.407. The fourth-order valence-electron chi connectivity index (χ4n) is 3.81. The Balaban J connectivity index is 2.27. The molecule has 2 atom stereocenters. The van der Waals surface area contributed by atoms with Crippen LogP contribution in [0.5, 0.6) is 0 Å². The topological polar surface area (TPSA) is 38.3 Å². The van der Waals surface area contributed by atoms with Crippen LogP contribution in [0.1, 0.15) is 48.0 Å². The first-order valence-electron chi connectivity index (χ1n) is 11.3. The number of nitrogens with one attached hydrogen (secondary N) is 1. The quantitative estimate of drug-likeness (QED) is 0.276. The lowest BCUT2D eigenvalue weighted by molar-refractivity contribution is 0.303. The highest BCUT2D eigenvalue weighted by Crippen LogP contribution is 2.36. The van der Waals surface area contributed by atoms with Gasteiger partial charge in [0.25, 0.3) is 8.32 Å². The first-order valence-corrected chi connectivity index (χ1v) is 14.4. The molecule has 2 aromatic carbocycles. The standard InChI is InChI=1S/C27H38FNO2SSi/c1-8-25(29-32(30)26(2,3)4)24(28)20-15-21-31-33(27(5,6)7,22-16-11-9-12-17-22)23-18-13-10-14-19-23/h8-14,16-20,25,29H,1,15,21H2,2-7H3/b24-20-/t25-,32?/m1/s1. The van der Waals surface area contributed by atoms with Gasteiger partial charge in [-0.05, 0) is 48.7 Å². The summed E-state index contributed by atoms with van der Waals surface area (Å²) in [7, 11) is -4.04. The van der Waals surface area contributed by atoms with Crippen molar-refractivity contribution in [3.05, 3.63) is 85.2 Å². The molecule has 0 aliphatic rings. The van der Waals surface area contributed by atoms with E-state index in [0.29, 0.717) is 13.0 Å². The molecule has 0 aliphatic heterocycles. The molecule has 6 heteroatoms. The highest BCUT2D eigenvalue weighted by molar-refractivity contribution is 7.84. The zero-order chi connectivity index (χ0) is 24.7. The van der Waals surface area contributed by atoms with Gasteiger partial charge in [-0.3, -0.25) is 0 Å². The minimum Gasteiger partial charge on any atom is -0.407 e. The van der Waals surface area contributed by atoms with Gasteiger partial charge in [0, 0.05) is 6.61 Å². The highest BCUT2D eigenvalue weighted by atomic mass is 32.2. The van der Waals surface area contributed by atoms with Gasteiger partial charge in [-0.1, -0.05) is 87.5 Å². The largest absolute Gasteiger partial charge is 0.407 e. The van der Waals surface area contributed by atoms with Crippen molar-refractivity contribution in [2.24, 2.45) is 0 Å². The van der Waals surface area contributed by atoms with E-state index in [4.69, 9.17) is 4.43 Å². The van der Waals surface area contributed by atoms with Gasteiger partial charge in [-0.15, -0.1) is 6.58 Å². The number of hydrogen-bond donors (Lipinski definition) is 1. The van der Waals surface area contributed by atoms with Crippen molar-refractivity contribution >= 4 is 29.7 Å². The van der Waals surface area contributed by atoms with Crippen molar-refractivity contribution in [3.63, 3.8) is 0 Å². The molecule has 2 rings (SSSR count). The fourth-order valence-corrected chi connectivity index (χ4v) is 9.18. The summed E-state index contributed by atoms with van der Waals surface area (Å²) in [5.74, 6) is -0.395. The minimum absolute atomic E-state index is 0.132. The second kappa shape index (κ2) is 11.5. The van der Waals surface area contributed by atoms with E-state index in [1.54, 1.807) is 0 Å². The van der Waals surface area contributed by atoms with E-state index in [9.17, 15) is 8.60 Å². The zero-order valence-electron chi connectivity index (χ0n) is 20.7. The molecule has 33 heavy (non-hydrogen) atoms. The Bertz CT molecular complexity index is 910. The van der Waals surface area contributed by atoms with Crippen LogP contribution in [0.3, 0.4) is 0 Å². The molecule has 0 fully saturated rings. The van der Waals surface area contributed by atoms with E-state index in [0.717, 1.165) is 0 Å². The maximum atomic E-state index is 14.9. The van der Waals surface area contributed by atoms with Crippen LogP contribution in [0.15, 0.2) is 85.2 Å². The third kappa shape index (κ3) is 6.82. The molecule has 0 bridgehead atoms. The van der Waals surface area contributed by atoms with Gasteiger partial charge >= 0.3 is 0 Å². The maximum absolute atomic E-state index is 14.9. The van der Waals surface area contributed by atoms with E-state index < -0.39 is 35.9 Å². The molecule has 1 N–H and O–H groups in total. The Morgan fingerprint density at radius 1 is 1.03 bits per heavy atom. The predicted octanol–water partition coefficient (Wildman–Crippen LogP) is 5.41. The second-order valence-corrected chi connectivity index (χ2v) is 16.4. The van der Waals surface area contributed by atoms with Crippen LogP contribution >= 0.6 is 0 Å². The zero-order valence-corrected chi connectivity index (χ0v) is 22.5. The summed E-state index contributed by atoms with van der Waals surface area (Å²) in [6, 6.07) is 20.0. The summed E-state index contributed by atoms with van der Waals surface area (Å²) in [6.45, 7) is 16.3. The normalized spacial score (nSPS) is 15.2. The van der Waals surface area contributed by atoms with Gasteiger partial charge in [-0.2, -0.15) is 0 Å². The monoisotopic (exact) mass is 487 g/mol. The molecule has 2 aromatic rings. The molecule has 180 valence electrons. The molecule has 0 amide bonds. The summed E-state index contributed by atoms with van der Waals surface area (Å²) in [5.41, 5.74) is 0. The van der Waals surface area contributed by atoms with Crippen molar-refractivity contribution in [2.75, 3.05) is 6.61 Å². The average Bonchev–Trinajstić information content (AvgIpc) is 2.77. The van der Waals surface area contributed by atoms with Crippen molar-refractivity contribution < 1.29 is 13.0 Å². The smallest absolute Gasteiger partial charge is 0.261 e. The van der Waals surface area contributed by atoms with Crippen LogP contribution in [0.4, 0.5) is 4.39 Å². The first kappa shape index (κ1) is 27.4. The number of hydrogen-bond acceptors (Lipinski definition) is 2. The minimum atomic E-state index is -2.64. The molecule has 0 aliphatic carbocycles. The Morgan fingerprint density at radius 2 is 1.52 bits per heavy atom. The molecule has 0 radical (unpaired) electrons. The van der Waals surface area contributed by atoms with Gasteiger partial charge in [0.2, 0.25) is 0 Å². The maximum Gasteiger partial charge on any atom is 0.261 e. The van der Waals surface area contributed by atoms with Crippen LogP contribution in [-0.4, -0.2) is 29.9 Å². The third-order valence-corrected chi connectivity index (χ3v) is 12.1. The van der Waals surface area contributed by atoms with Gasteiger partial charge < -0.3 is 4.43 Å². The summed E-state index contributed by atoms with van der Waals surface area (Å²) < 4.78 is 36.3. The van der Waals surface area contributed by atoms with E-state index in [1.807, 2.05) is 57.2 Å². The summed E-state index contributed by atoms with van der Waals surface area (Å²) >= 11 is 0. The SMILES string of the molecule is C=C[C@@H](NS(=O)C(C)(C)C)/C(F)=C/CCO[Si](c1ccccc1)(c1ccccc1)C(C)(C)C. The van der Waals surface area contributed by atoms with E-state index >= 15 is 0 Å². The molecule has 0 aromatic heterocycles. The van der Waals surface area contributed by atoms with E-state index in [1.165, 1.54) is 22.5 Å². The third-order valence-electron chi connectivity index (χ3n) is 5.52. The molecular weight excluding hydrogens is 449 g/mol. The Kier molecular flexibility index (Phi) is 9.55. The Labute approximate surface area is 202 Å². The second-order valence-electron chi connectivity index (χ2n) is 10.1. The van der Waals surface area contributed by atoms with Crippen molar-refractivity contribution in [1.29, 1.82) is 0 Å². The number of halogens is 1. The lowest BCUT2D eigenvalue weighted by atomic mass is 10.2. The summed E-state index contributed by atoms with van der Waals surface area (Å²) in [5, 5.41) is 2.26. The molecule has 0 spiro atoms. The van der Waals surface area contributed by atoms with Crippen LogP contribution in [0.2, 0.25) is 5.04 Å². The van der Waals surface area contributed by atoms with Gasteiger partial charge in [0.15, 0.2) is 0 Å². The molecule has 0 heterocycles. The predicted molar refractivity (Wildman–Crippen MR) is 142 cm³/mol. The van der Waals surface area contributed by atoms with Crippen molar-refractivity contribution in [2.45, 2.75) is 63.8 Å². The lowest BCUT2D eigenvalue weighted by Gasteiger charge is -2.43. The van der Waals surface area contributed by atoms with Crippen LogP contribution in [0, 0.1) is 0 Å². The average molecular weight is 488 g/mol. The van der Waals surface area contributed by atoms with Crippen molar-refractivity contribution in [1.82, 2.24) is 4.72 Å². The summed E-state index contributed by atoms with van der Waals surface area (Å²) in [4.78, 5) is 0. The lowest BCUT2D eigenvalue weighted by Crippen LogP contribution is -2.66. The highest BCUT2D eigenvalue weighted by Gasteiger charge is 2.49. The molecule has 0 saturated carbocycles. The number of rotatable bonds is 10. The molecule has 1 unspecified atom stereocenters. The van der Waals surface area contributed by atoms with Gasteiger partial charge in [0.05, 0.1) is 21.8 Å². The van der Waals surface area contributed by atoms with Gasteiger partial charge in [0.1, 0.15) is 5.83 Å².